The summed E-state index contributed by atoms with van der Waals surface area (Å²) >= 11 is 0. The molecule has 1 aliphatic rings. The van der Waals surface area contributed by atoms with E-state index in [1.807, 2.05) is 44.4 Å². The maximum atomic E-state index is 12.8. The summed E-state index contributed by atoms with van der Waals surface area (Å²) in [5, 5.41) is 4.60. The molecule has 0 unspecified atom stereocenters. The van der Waals surface area contributed by atoms with E-state index in [0.29, 0.717) is 17.0 Å². The van der Waals surface area contributed by atoms with Crippen LogP contribution in [-0.2, 0) is 0 Å². The van der Waals surface area contributed by atoms with Crippen molar-refractivity contribution in [1.82, 2.24) is 28.9 Å². The maximum absolute atomic E-state index is 12.8. The highest BCUT2D eigenvalue weighted by molar-refractivity contribution is 5.66. The molecule has 0 atom stereocenters. The van der Waals surface area contributed by atoms with Gasteiger partial charge in [0.25, 0.3) is 5.56 Å². The van der Waals surface area contributed by atoms with Crippen molar-refractivity contribution < 1.29 is 0 Å². The van der Waals surface area contributed by atoms with Crippen molar-refractivity contribution in [3.63, 3.8) is 0 Å². The van der Waals surface area contributed by atoms with Crippen LogP contribution in [0, 0.1) is 13.8 Å². The Bertz CT molecular complexity index is 1280. The molecule has 1 fully saturated rings. The van der Waals surface area contributed by atoms with Crippen LogP contribution in [0.25, 0.3) is 22.6 Å². The number of nitrogens with zero attached hydrogens (tertiary/aromatic N) is 7. The van der Waals surface area contributed by atoms with Crippen LogP contribution in [0.15, 0.2) is 41.5 Å². The largest absolute Gasteiger partial charge is 0.368 e. The third-order valence-electron chi connectivity index (χ3n) is 5.53. The minimum absolute atomic E-state index is 0.107. The van der Waals surface area contributed by atoms with Crippen molar-refractivity contribution in [3.8, 4) is 11.4 Å². The van der Waals surface area contributed by atoms with Gasteiger partial charge in [0, 0.05) is 38.4 Å². The monoisotopic (exact) mass is 389 g/mol. The highest BCUT2D eigenvalue weighted by Gasteiger charge is 2.16. The second-order valence-corrected chi connectivity index (χ2v) is 7.71. The topological polar surface area (TPSA) is 71.0 Å². The summed E-state index contributed by atoms with van der Waals surface area (Å²) in [7, 11) is 2.13. The van der Waals surface area contributed by atoms with Crippen molar-refractivity contribution in [1.29, 1.82) is 0 Å². The zero-order valence-electron chi connectivity index (χ0n) is 16.8. The molecule has 4 aromatic heterocycles. The number of likely N-dealkylation sites (N-methyl/N-ethyl adjacent to an activating group) is 1. The SMILES string of the molecule is Cc1cn2nc(-c3cc(=O)n4cc(N5CCN(C)CC5)ccc4n3)cc2c(C)n1. The molecule has 0 aromatic carbocycles. The molecule has 8 nitrogen and oxygen atoms in total. The van der Waals surface area contributed by atoms with Crippen LogP contribution in [0.3, 0.4) is 0 Å². The van der Waals surface area contributed by atoms with Gasteiger partial charge in [-0.1, -0.05) is 0 Å². The van der Waals surface area contributed by atoms with Crippen LogP contribution in [-0.4, -0.2) is 62.1 Å². The number of aromatic nitrogens is 5. The Morgan fingerprint density at radius 3 is 2.52 bits per heavy atom. The summed E-state index contributed by atoms with van der Waals surface area (Å²) in [6.07, 6.45) is 3.77. The van der Waals surface area contributed by atoms with Gasteiger partial charge in [-0.3, -0.25) is 14.2 Å². The van der Waals surface area contributed by atoms with Crippen LogP contribution in [0.5, 0.6) is 0 Å². The van der Waals surface area contributed by atoms with Crippen molar-refractivity contribution in [2.24, 2.45) is 0 Å². The standard InChI is InChI=1S/C21H23N7O/c1-14-12-28-19(15(2)22-14)10-18(24-28)17-11-21(29)27-13-16(4-5-20(27)23-17)26-8-6-25(3)7-9-26/h4-5,10-13H,6-9H2,1-3H3. The average molecular weight is 389 g/mol. The second kappa shape index (κ2) is 6.66. The molecule has 0 amide bonds. The number of anilines is 1. The Kier molecular flexibility index (Phi) is 4.09. The summed E-state index contributed by atoms with van der Waals surface area (Å²) in [5.41, 5.74) is 5.51. The fraction of sp³-hybridized carbons (Fsp3) is 0.333. The predicted molar refractivity (Wildman–Crippen MR) is 113 cm³/mol. The Labute approximate surface area is 168 Å². The molecule has 1 aliphatic heterocycles. The quantitative estimate of drug-likeness (QED) is 0.520. The number of piperazine rings is 1. The Morgan fingerprint density at radius 2 is 1.72 bits per heavy atom. The molecule has 0 aliphatic carbocycles. The van der Waals surface area contributed by atoms with Gasteiger partial charge in [-0.2, -0.15) is 5.10 Å². The smallest absolute Gasteiger partial charge is 0.258 e. The molecule has 0 N–H and O–H groups in total. The van der Waals surface area contributed by atoms with E-state index >= 15 is 0 Å². The second-order valence-electron chi connectivity index (χ2n) is 7.71. The lowest BCUT2D eigenvalue weighted by Gasteiger charge is -2.34. The van der Waals surface area contributed by atoms with E-state index in [4.69, 9.17) is 4.98 Å². The van der Waals surface area contributed by atoms with Crippen LogP contribution in [0.4, 0.5) is 5.69 Å². The van der Waals surface area contributed by atoms with Crippen molar-refractivity contribution in [2.75, 3.05) is 38.1 Å². The number of hydrogen-bond acceptors (Lipinski definition) is 6. The van der Waals surface area contributed by atoms with Gasteiger partial charge < -0.3 is 9.80 Å². The van der Waals surface area contributed by atoms with E-state index in [2.05, 4.69) is 26.9 Å². The molecule has 0 radical (unpaired) electrons. The lowest BCUT2D eigenvalue weighted by molar-refractivity contribution is 0.313. The van der Waals surface area contributed by atoms with Gasteiger partial charge >= 0.3 is 0 Å². The molecule has 0 spiro atoms. The van der Waals surface area contributed by atoms with Gasteiger partial charge in [0.15, 0.2) is 0 Å². The number of rotatable bonds is 2. The minimum Gasteiger partial charge on any atom is -0.368 e. The first-order valence-corrected chi connectivity index (χ1v) is 9.79. The fourth-order valence-electron chi connectivity index (χ4n) is 3.89. The number of pyridine rings is 1. The van der Waals surface area contributed by atoms with E-state index in [9.17, 15) is 4.79 Å². The fourth-order valence-corrected chi connectivity index (χ4v) is 3.89. The summed E-state index contributed by atoms with van der Waals surface area (Å²) in [4.78, 5) is 26.6. The molecule has 0 saturated carbocycles. The van der Waals surface area contributed by atoms with Crippen molar-refractivity contribution in [3.05, 3.63) is 58.4 Å². The van der Waals surface area contributed by atoms with E-state index in [0.717, 1.165) is 48.8 Å². The summed E-state index contributed by atoms with van der Waals surface area (Å²) in [6, 6.07) is 7.43. The molecule has 0 bridgehead atoms. The van der Waals surface area contributed by atoms with E-state index < -0.39 is 0 Å². The zero-order valence-corrected chi connectivity index (χ0v) is 16.8. The zero-order chi connectivity index (χ0) is 20.1. The first-order valence-electron chi connectivity index (χ1n) is 9.79. The van der Waals surface area contributed by atoms with Gasteiger partial charge in [0.05, 0.1) is 34.5 Å². The molecule has 5 rings (SSSR count). The molecule has 8 heteroatoms. The molecule has 4 aromatic rings. The van der Waals surface area contributed by atoms with Gasteiger partial charge in [-0.25, -0.2) is 9.50 Å². The first-order chi connectivity index (χ1) is 14.0. The normalized spacial score (nSPS) is 15.5. The average Bonchev–Trinajstić information content (AvgIpc) is 3.13. The molecular formula is C21H23N7O. The summed E-state index contributed by atoms with van der Waals surface area (Å²) < 4.78 is 3.41. The minimum atomic E-state index is -0.107. The van der Waals surface area contributed by atoms with Gasteiger partial charge in [0.2, 0.25) is 0 Å². The summed E-state index contributed by atoms with van der Waals surface area (Å²) in [6.45, 7) is 7.84. The molecular weight excluding hydrogens is 366 g/mol. The van der Waals surface area contributed by atoms with Crippen molar-refractivity contribution >= 4 is 16.9 Å². The Balaban J connectivity index is 1.56. The third-order valence-corrected chi connectivity index (χ3v) is 5.53. The lowest BCUT2D eigenvalue weighted by Crippen LogP contribution is -2.44. The van der Waals surface area contributed by atoms with Gasteiger partial charge in [-0.05, 0) is 39.1 Å². The molecule has 1 saturated heterocycles. The number of aryl methyl sites for hydroxylation is 2. The molecule has 148 valence electrons. The number of hydrogen-bond donors (Lipinski definition) is 0. The lowest BCUT2D eigenvalue weighted by atomic mass is 10.2. The van der Waals surface area contributed by atoms with Gasteiger partial charge in [0.1, 0.15) is 11.3 Å². The predicted octanol–water partition coefficient (Wildman–Crippen LogP) is 1.77. The van der Waals surface area contributed by atoms with Crippen LogP contribution < -0.4 is 10.5 Å². The van der Waals surface area contributed by atoms with Crippen LogP contribution in [0.1, 0.15) is 11.4 Å². The first kappa shape index (κ1) is 17.8. The highest BCUT2D eigenvalue weighted by Crippen LogP contribution is 2.21. The van der Waals surface area contributed by atoms with E-state index in [1.54, 1.807) is 15.0 Å². The van der Waals surface area contributed by atoms with E-state index in [-0.39, 0.29) is 5.56 Å². The molecule has 5 heterocycles. The number of fused-ring (bicyclic) bond motifs is 2. The Morgan fingerprint density at radius 1 is 0.931 bits per heavy atom. The highest BCUT2D eigenvalue weighted by atomic mass is 16.1. The Hall–Kier alpha value is -3.26. The summed E-state index contributed by atoms with van der Waals surface area (Å²) in [5.74, 6) is 0. The van der Waals surface area contributed by atoms with E-state index in [1.165, 1.54) is 0 Å². The van der Waals surface area contributed by atoms with Crippen LogP contribution >= 0.6 is 0 Å². The maximum Gasteiger partial charge on any atom is 0.258 e. The van der Waals surface area contributed by atoms with Crippen LogP contribution in [0.2, 0.25) is 0 Å². The van der Waals surface area contributed by atoms with Gasteiger partial charge in [-0.15, -0.1) is 0 Å². The third kappa shape index (κ3) is 3.15. The van der Waals surface area contributed by atoms with Crippen molar-refractivity contribution in [2.45, 2.75) is 13.8 Å². The molecule has 29 heavy (non-hydrogen) atoms.